The van der Waals surface area contributed by atoms with Crippen molar-refractivity contribution in [2.45, 2.75) is 18.8 Å². The summed E-state index contributed by atoms with van der Waals surface area (Å²) in [5.74, 6) is -4.18. The lowest BCUT2D eigenvalue weighted by molar-refractivity contribution is -0.123. The van der Waals surface area contributed by atoms with E-state index in [9.17, 15) is 24.3 Å². The summed E-state index contributed by atoms with van der Waals surface area (Å²) in [6.45, 7) is 0. The number of rotatable bonds is 6. The van der Waals surface area contributed by atoms with Crippen LogP contribution in [0.4, 0.5) is 22.7 Å². The van der Waals surface area contributed by atoms with Crippen molar-refractivity contribution in [1.29, 1.82) is 0 Å². The lowest BCUT2D eigenvalue weighted by Gasteiger charge is -2.42. The molecule has 1 heterocycles. The van der Waals surface area contributed by atoms with Crippen LogP contribution in [0.15, 0.2) is 104 Å². The summed E-state index contributed by atoms with van der Waals surface area (Å²) in [7, 11) is 5.31. The van der Waals surface area contributed by atoms with E-state index in [1.54, 1.807) is 36.4 Å². The number of phenolic OH excluding ortho intramolecular Hbond substituents is 1. The van der Waals surface area contributed by atoms with Crippen LogP contribution in [0.25, 0.3) is 0 Å². The molecule has 1 fully saturated rings. The lowest BCUT2D eigenvalue weighted by atomic mass is 9.59. The van der Waals surface area contributed by atoms with Gasteiger partial charge in [0.15, 0.2) is 23.1 Å². The van der Waals surface area contributed by atoms with Gasteiger partial charge in [-0.05, 0) is 101 Å². The topological polar surface area (TPSA) is 129 Å². The maximum atomic E-state index is 14.3. The molecule has 7 rings (SSSR count). The van der Waals surface area contributed by atoms with Crippen LogP contribution < -0.4 is 14.5 Å². The highest BCUT2D eigenvalue weighted by Crippen LogP contribution is 2.56. The van der Waals surface area contributed by atoms with Crippen molar-refractivity contribution in [3.05, 3.63) is 105 Å². The van der Waals surface area contributed by atoms with Gasteiger partial charge >= 0.3 is 0 Å². The maximum absolute atomic E-state index is 14.3. The molecule has 3 aromatic rings. The minimum Gasteiger partial charge on any atom is -0.503 e. The molecule has 10 nitrogen and oxygen atoms in total. The number of ketones is 2. The van der Waals surface area contributed by atoms with Gasteiger partial charge in [0.2, 0.25) is 11.8 Å². The number of nitrogens with zero attached hydrogens (tertiary/aromatic N) is 4. The van der Waals surface area contributed by atoms with Crippen LogP contribution in [0, 0.1) is 17.8 Å². The van der Waals surface area contributed by atoms with Gasteiger partial charge < -0.3 is 14.7 Å². The molecule has 3 aromatic carbocycles. The Kier molecular flexibility index (Phi) is 8.36. The van der Waals surface area contributed by atoms with Crippen molar-refractivity contribution in [2.75, 3.05) is 31.0 Å². The fraction of sp³-hybridized carbons (Fsp3) is 0.243. The predicted molar refractivity (Wildman–Crippen MR) is 188 cm³/mol. The summed E-state index contributed by atoms with van der Waals surface area (Å²) in [6.07, 6.45) is 3.58. The Morgan fingerprint density at radius 3 is 2.22 bits per heavy atom. The van der Waals surface area contributed by atoms with Crippen molar-refractivity contribution in [1.82, 2.24) is 0 Å². The SMILES string of the molecule is COc1cc([C@H]2C3=CC[C@@H]4C(=O)N(c5ccc(N=Nc6ccc(N(C)C)cc6)cc5)C(=O)[C@@H]4[C@@H]3CC3=C2C(=O)C=C(Br)C3=O)cc(Cl)c1O. The molecule has 4 atom stereocenters. The second-order valence-corrected chi connectivity index (χ2v) is 13.8. The van der Waals surface area contributed by atoms with Gasteiger partial charge in [-0.2, -0.15) is 10.2 Å². The van der Waals surface area contributed by atoms with Gasteiger partial charge in [0, 0.05) is 42.9 Å². The molecule has 0 bridgehead atoms. The highest BCUT2D eigenvalue weighted by Gasteiger charge is 2.56. The normalized spacial score (nSPS) is 23.3. The van der Waals surface area contributed by atoms with Gasteiger partial charge in [0.05, 0.1) is 45.5 Å². The van der Waals surface area contributed by atoms with E-state index < -0.39 is 23.7 Å². The number of amides is 2. The number of hydrogen-bond acceptors (Lipinski definition) is 9. The minimum absolute atomic E-state index is 0.0164. The zero-order valence-electron chi connectivity index (χ0n) is 26.7. The Labute approximate surface area is 295 Å². The van der Waals surface area contributed by atoms with Crippen LogP contribution in [-0.2, 0) is 19.2 Å². The Morgan fingerprint density at radius 2 is 1.59 bits per heavy atom. The predicted octanol–water partition coefficient (Wildman–Crippen LogP) is 7.50. The lowest BCUT2D eigenvalue weighted by Crippen LogP contribution is -2.39. The average molecular weight is 742 g/mol. The first-order valence-electron chi connectivity index (χ1n) is 15.6. The highest BCUT2D eigenvalue weighted by molar-refractivity contribution is 9.12. The highest BCUT2D eigenvalue weighted by atomic mass is 79.9. The summed E-state index contributed by atoms with van der Waals surface area (Å²) in [6, 6.07) is 17.5. The molecule has 4 aliphatic rings. The molecule has 1 aliphatic heterocycles. The number of fused-ring (bicyclic) bond motifs is 3. The summed E-state index contributed by atoms with van der Waals surface area (Å²) in [5.41, 5.74) is 4.57. The van der Waals surface area contributed by atoms with Gasteiger partial charge in [-0.15, -0.1) is 0 Å². The van der Waals surface area contributed by atoms with Crippen LogP contribution in [0.3, 0.4) is 0 Å². The zero-order chi connectivity index (χ0) is 34.7. The molecule has 12 heteroatoms. The molecular formula is C37H30BrClN4O6. The summed E-state index contributed by atoms with van der Waals surface area (Å²) in [4.78, 5) is 58.4. The third-order valence-electron chi connectivity index (χ3n) is 9.69. The largest absolute Gasteiger partial charge is 0.503 e. The number of azo groups is 1. The Hall–Kier alpha value is -4.87. The molecule has 248 valence electrons. The van der Waals surface area contributed by atoms with Crippen molar-refractivity contribution in [3.63, 3.8) is 0 Å². The van der Waals surface area contributed by atoms with E-state index in [-0.39, 0.29) is 57.2 Å². The van der Waals surface area contributed by atoms with E-state index in [2.05, 4.69) is 26.2 Å². The minimum atomic E-state index is -0.754. The number of carbonyl (C=O) groups excluding carboxylic acids is 4. The van der Waals surface area contributed by atoms with E-state index in [0.717, 1.165) is 11.3 Å². The van der Waals surface area contributed by atoms with Crippen molar-refractivity contribution < 1.29 is 29.0 Å². The van der Waals surface area contributed by atoms with E-state index in [4.69, 9.17) is 16.3 Å². The third-order valence-corrected chi connectivity index (χ3v) is 10.6. The van der Waals surface area contributed by atoms with Gasteiger partial charge in [-0.3, -0.25) is 24.1 Å². The fourth-order valence-corrected chi connectivity index (χ4v) is 8.02. The first kappa shape index (κ1) is 32.7. The van der Waals surface area contributed by atoms with Gasteiger partial charge in [-0.25, -0.2) is 0 Å². The first-order valence-corrected chi connectivity index (χ1v) is 16.8. The number of benzene rings is 3. The van der Waals surface area contributed by atoms with Crippen LogP contribution in [0.2, 0.25) is 5.02 Å². The number of halogens is 2. The van der Waals surface area contributed by atoms with Crippen molar-refractivity contribution in [3.8, 4) is 11.5 Å². The molecular weight excluding hydrogens is 712 g/mol. The molecule has 0 spiro atoms. The van der Waals surface area contributed by atoms with Crippen LogP contribution >= 0.6 is 27.5 Å². The Morgan fingerprint density at radius 1 is 0.939 bits per heavy atom. The fourth-order valence-electron chi connectivity index (χ4n) is 7.36. The number of allylic oxidation sites excluding steroid dienone is 6. The first-order chi connectivity index (χ1) is 23.5. The summed E-state index contributed by atoms with van der Waals surface area (Å²) in [5, 5.41) is 19.1. The standard InChI is InChI=1S/C37H30BrClN4O6/c1-42(2)21-8-4-19(5-9-21)40-41-20-6-10-22(11-7-20)43-36(47)24-13-12-23-25(32(24)37(43)48)16-26-33(29(44)17-27(38)34(26)45)31(23)18-14-28(39)35(46)30(15-18)49-3/h4-12,14-15,17,24-25,31-32,46H,13,16H2,1-3H3/t24-,25+,31-,32-/m0/s1. The van der Waals surface area contributed by atoms with E-state index in [1.807, 2.05) is 49.3 Å². The third kappa shape index (κ3) is 5.50. The molecule has 0 radical (unpaired) electrons. The molecule has 1 N–H and O–H groups in total. The molecule has 3 aliphatic carbocycles. The number of anilines is 2. The van der Waals surface area contributed by atoms with E-state index in [0.29, 0.717) is 33.8 Å². The number of ether oxygens (including phenoxy) is 1. The number of methoxy groups -OCH3 is 1. The number of hydrogen-bond donors (Lipinski definition) is 1. The van der Waals surface area contributed by atoms with Crippen LogP contribution in [0.5, 0.6) is 11.5 Å². The molecule has 0 aromatic heterocycles. The molecule has 2 amide bonds. The molecule has 0 unspecified atom stereocenters. The molecule has 1 saturated heterocycles. The number of phenols is 1. The second-order valence-electron chi connectivity index (χ2n) is 12.6. The molecule has 49 heavy (non-hydrogen) atoms. The average Bonchev–Trinajstić information content (AvgIpc) is 3.36. The monoisotopic (exact) mass is 740 g/mol. The number of aromatic hydroxyl groups is 1. The van der Waals surface area contributed by atoms with Gasteiger partial charge in [0.1, 0.15) is 0 Å². The quantitative estimate of drug-likeness (QED) is 0.120. The van der Waals surface area contributed by atoms with Crippen LogP contribution in [-0.4, -0.2) is 49.7 Å². The van der Waals surface area contributed by atoms with Crippen LogP contribution in [0.1, 0.15) is 24.3 Å². The number of Topliss-reactive ketones (excluding diaryl/α,β-unsaturated/α-hetero) is 1. The van der Waals surface area contributed by atoms with Gasteiger partial charge in [0.25, 0.3) is 0 Å². The Balaban J connectivity index is 1.21. The molecule has 0 saturated carbocycles. The zero-order valence-corrected chi connectivity index (χ0v) is 29.0. The second kappa shape index (κ2) is 12.5. The number of imide groups is 1. The Bertz CT molecular complexity index is 2070. The van der Waals surface area contributed by atoms with Crippen molar-refractivity contribution in [2.24, 2.45) is 28.0 Å². The van der Waals surface area contributed by atoms with E-state index in [1.165, 1.54) is 18.1 Å². The summed E-state index contributed by atoms with van der Waals surface area (Å²) >= 11 is 9.64. The smallest absolute Gasteiger partial charge is 0.238 e. The summed E-state index contributed by atoms with van der Waals surface area (Å²) < 4.78 is 5.49. The number of carbonyl (C=O) groups is 4. The van der Waals surface area contributed by atoms with Crippen molar-refractivity contribution >= 4 is 73.7 Å². The maximum Gasteiger partial charge on any atom is 0.238 e. The van der Waals surface area contributed by atoms with Gasteiger partial charge in [-0.1, -0.05) is 23.3 Å². The van der Waals surface area contributed by atoms with E-state index >= 15 is 0 Å².